The second-order valence-corrected chi connectivity index (χ2v) is 7.17. The maximum absolute atomic E-state index is 12.3. The summed E-state index contributed by atoms with van der Waals surface area (Å²) in [4.78, 5) is 22.5. The van der Waals surface area contributed by atoms with Gasteiger partial charge in [0, 0.05) is 27.9 Å². The molecule has 10 heteroatoms. The number of nitrogens with zero attached hydrogens (tertiary/aromatic N) is 3. The molecule has 29 heavy (non-hydrogen) atoms. The average molecular weight is 434 g/mol. The number of aromatic nitrogens is 2. The van der Waals surface area contributed by atoms with Crippen LogP contribution in [0.15, 0.2) is 42.5 Å². The van der Waals surface area contributed by atoms with Crippen molar-refractivity contribution in [2.45, 2.75) is 20.4 Å². The van der Waals surface area contributed by atoms with Gasteiger partial charge in [0.2, 0.25) is 0 Å². The fourth-order valence-corrected chi connectivity index (χ4v) is 3.25. The molecule has 2 N–H and O–H groups in total. The van der Waals surface area contributed by atoms with E-state index in [1.165, 1.54) is 24.3 Å². The highest BCUT2D eigenvalue weighted by Crippen LogP contribution is 2.25. The van der Waals surface area contributed by atoms with Gasteiger partial charge >= 0.3 is 6.03 Å². The van der Waals surface area contributed by atoms with Crippen molar-refractivity contribution in [3.8, 4) is 0 Å². The second-order valence-electron chi connectivity index (χ2n) is 6.32. The molecule has 3 aromatic rings. The lowest BCUT2D eigenvalue weighted by atomic mass is 10.2. The number of halogens is 2. The Morgan fingerprint density at radius 1 is 1.14 bits per heavy atom. The predicted octanol–water partition coefficient (Wildman–Crippen LogP) is 5.41. The summed E-state index contributed by atoms with van der Waals surface area (Å²) in [6, 6.07) is 10.3. The molecule has 2 amide bonds. The molecule has 0 saturated heterocycles. The Hall–Kier alpha value is -3.10. The van der Waals surface area contributed by atoms with Gasteiger partial charge in [-0.2, -0.15) is 5.10 Å². The summed E-state index contributed by atoms with van der Waals surface area (Å²) in [6.45, 7) is 4.05. The van der Waals surface area contributed by atoms with Gasteiger partial charge in [-0.25, -0.2) is 4.79 Å². The number of anilines is 2. The Labute approximate surface area is 176 Å². The van der Waals surface area contributed by atoms with Gasteiger partial charge in [0.15, 0.2) is 0 Å². The molecule has 0 unspecified atom stereocenters. The summed E-state index contributed by atoms with van der Waals surface area (Å²) in [7, 11) is 0. The first-order valence-electron chi connectivity index (χ1n) is 8.55. The van der Waals surface area contributed by atoms with Gasteiger partial charge in [-0.3, -0.25) is 14.8 Å². The van der Waals surface area contributed by atoms with E-state index in [0.29, 0.717) is 33.7 Å². The summed E-state index contributed by atoms with van der Waals surface area (Å²) >= 11 is 12.2. The third-order valence-corrected chi connectivity index (χ3v) is 4.88. The number of benzene rings is 2. The number of nitrogens with one attached hydrogen (secondary N) is 2. The number of rotatable bonds is 5. The van der Waals surface area contributed by atoms with Crippen molar-refractivity contribution in [1.29, 1.82) is 0 Å². The van der Waals surface area contributed by atoms with E-state index in [9.17, 15) is 14.9 Å². The smallest absolute Gasteiger partial charge is 0.308 e. The SMILES string of the molecule is Cc1nn(Cc2ccc(Cl)cc2Cl)c(C)c1NC(=O)Nc1ccc([N+](=O)[O-])cc1. The molecule has 2 aromatic carbocycles. The number of hydrogen-bond acceptors (Lipinski definition) is 4. The molecule has 0 aliphatic carbocycles. The van der Waals surface area contributed by atoms with Crippen LogP contribution >= 0.6 is 23.2 Å². The van der Waals surface area contributed by atoms with Gasteiger partial charge in [-0.15, -0.1) is 0 Å². The van der Waals surface area contributed by atoms with Crippen molar-refractivity contribution in [3.63, 3.8) is 0 Å². The largest absolute Gasteiger partial charge is 0.323 e. The molecule has 0 saturated carbocycles. The quantitative estimate of drug-likeness (QED) is 0.414. The average Bonchev–Trinajstić information content (AvgIpc) is 2.92. The van der Waals surface area contributed by atoms with Gasteiger partial charge < -0.3 is 10.6 Å². The summed E-state index contributed by atoms with van der Waals surface area (Å²) in [5.41, 5.74) is 3.21. The fraction of sp³-hybridized carbons (Fsp3) is 0.158. The van der Waals surface area contributed by atoms with E-state index in [1.54, 1.807) is 23.7 Å². The van der Waals surface area contributed by atoms with E-state index in [4.69, 9.17) is 23.2 Å². The number of carbonyl (C=O) groups excluding carboxylic acids is 1. The number of nitro groups is 1. The summed E-state index contributed by atoms with van der Waals surface area (Å²) in [5.74, 6) is 0. The van der Waals surface area contributed by atoms with Crippen LogP contribution in [0.5, 0.6) is 0 Å². The Balaban J connectivity index is 1.72. The third kappa shape index (κ3) is 4.85. The second kappa shape index (κ2) is 8.50. The number of carbonyl (C=O) groups is 1. The van der Waals surface area contributed by atoms with E-state index in [1.807, 2.05) is 13.0 Å². The van der Waals surface area contributed by atoms with Crippen LogP contribution in [0, 0.1) is 24.0 Å². The summed E-state index contributed by atoms with van der Waals surface area (Å²) in [5, 5.41) is 21.7. The lowest BCUT2D eigenvalue weighted by Gasteiger charge is -2.09. The van der Waals surface area contributed by atoms with Crippen molar-refractivity contribution in [2.75, 3.05) is 10.6 Å². The molecule has 0 aliphatic rings. The van der Waals surface area contributed by atoms with Crippen LogP contribution < -0.4 is 10.6 Å². The van der Waals surface area contributed by atoms with E-state index in [0.717, 1.165) is 11.3 Å². The third-order valence-electron chi connectivity index (χ3n) is 4.29. The van der Waals surface area contributed by atoms with Crippen LogP contribution in [-0.4, -0.2) is 20.7 Å². The molecule has 0 fully saturated rings. The highest BCUT2D eigenvalue weighted by Gasteiger charge is 2.16. The number of hydrogen-bond donors (Lipinski definition) is 2. The minimum atomic E-state index is -0.502. The normalized spacial score (nSPS) is 10.6. The number of non-ortho nitro benzene ring substituents is 1. The molecule has 0 radical (unpaired) electrons. The molecule has 150 valence electrons. The standard InChI is InChI=1S/C19H17Cl2N5O3/c1-11-18(23-19(27)22-15-5-7-16(8-6-15)26(28)29)12(2)25(24-11)10-13-3-4-14(20)9-17(13)21/h3-9H,10H2,1-2H3,(H2,22,23,27). The maximum atomic E-state index is 12.3. The van der Waals surface area contributed by atoms with Crippen LogP contribution in [-0.2, 0) is 6.54 Å². The fourth-order valence-electron chi connectivity index (χ4n) is 2.79. The molecule has 0 atom stereocenters. The number of aryl methyl sites for hydroxylation is 1. The number of urea groups is 1. The Kier molecular flexibility index (Phi) is 6.05. The predicted molar refractivity (Wildman–Crippen MR) is 113 cm³/mol. The molecular weight excluding hydrogens is 417 g/mol. The first kappa shape index (κ1) is 20.6. The van der Waals surface area contributed by atoms with Crippen LogP contribution in [0.3, 0.4) is 0 Å². The number of amides is 2. The topological polar surface area (TPSA) is 102 Å². The van der Waals surface area contributed by atoms with Gasteiger partial charge in [-0.1, -0.05) is 29.3 Å². The van der Waals surface area contributed by atoms with Crippen LogP contribution in [0.4, 0.5) is 21.9 Å². The maximum Gasteiger partial charge on any atom is 0.323 e. The molecular formula is C19H17Cl2N5O3. The summed E-state index contributed by atoms with van der Waals surface area (Å²) < 4.78 is 1.74. The first-order chi connectivity index (χ1) is 13.7. The zero-order valence-corrected chi connectivity index (χ0v) is 17.1. The van der Waals surface area contributed by atoms with Crippen molar-refractivity contribution in [2.24, 2.45) is 0 Å². The molecule has 0 spiro atoms. The van der Waals surface area contributed by atoms with Crippen LogP contribution in [0.25, 0.3) is 0 Å². The zero-order valence-electron chi connectivity index (χ0n) is 15.6. The first-order valence-corrected chi connectivity index (χ1v) is 9.30. The molecule has 1 heterocycles. The molecule has 0 bridgehead atoms. The lowest BCUT2D eigenvalue weighted by molar-refractivity contribution is -0.384. The van der Waals surface area contributed by atoms with Crippen molar-refractivity contribution >= 4 is 46.3 Å². The van der Waals surface area contributed by atoms with Crippen molar-refractivity contribution in [3.05, 3.63) is 79.6 Å². The van der Waals surface area contributed by atoms with Crippen LogP contribution in [0.2, 0.25) is 10.0 Å². The van der Waals surface area contributed by atoms with E-state index >= 15 is 0 Å². The molecule has 3 rings (SSSR count). The van der Waals surface area contributed by atoms with Crippen LogP contribution in [0.1, 0.15) is 17.0 Å². The zero-order chi connectivity index (χ0) is 21.1. The van der Waals surface area contributed by atoms with Gasteiger partial charge in [0.1, 0.15) is 0 Å². The van der Waals surface area contributed by atoms with Crippen molar-refractivity contribution in [1.82, 2.24) is 9.78 Å². The van der Waals surface area contributed by atoms with E-state index < -0.39 is 11.0 Å². The monoisotopic (exact) mass is 433 g/mol. The highest BCUT2D eigenvalue weighted by atomic mass is 35.5. The molecule has 1 aromatic heterocycles. The number of nitro benzene ring substituents is 1. The molecule has 8 nitrogen and oxygen atoms in total. The Morgan fingerprint density at radius 2 is 1.83 bits per heavy atom. The Bertz CT molecular complexity index is 1080. The Morgan fingerprint density at radius 3 is 2.45 bits per heavy atom. The summed E-state index contributed by atoms with van der Waals surface area (Å²) in [6.07, 6.45) is 0. The molecule has 0 aliphatic heterocycles. The minimum absolute atomic E-state index is 0.0511. The van der Waals surface area contributed by atoms with E-state index in [-0.39, 0.29) is 5.69 Å². The van der Waals surface area contributed by atoms with Gasteiger partial charge in [0.05, 0.1) is 28.5 Å². The van der Waals surface area contributed by atoms with Crippen molar-refractivity contribution < 1.29 is 9.72 Å². The van der Waals surface area contributed by atoms with E-state index in [2.05, 4.69) is 15.7 Å². The minimum Gasteiger partial charge on any atom is -0.308 e. The highest BCUT2D eigenvalue weighted by molar-refractivity contribution is 6.35. The lowest BCUT2D eigenvalue weighted by Crippen LogP contribution is -2.20. The van der Waals surface area contributed by atoms with Gasteiger partial charge in [-0.05, 0) is 43.7 Å². The van der Waals surface area contributed by atoms with Gasteiger partial charge in [0.25, 0.3) is 5.69 Å².